The number of carbonyl (C=O) groups excluding carboxylic acids is 1. The number of nitro benzene ring substituents is 1. The van der Waals surface area contributed by atoms with Gasteiger partial charge in [-0.25, -0.2) is 0 Å². The summed E-state index contributed by atoms with van der Waals surface area (Å²) in [6, 6.07) is 10.4. The van der Waals surface area contributed by atoms with E-state index >= 15 is 0 Å². The number of methoxy groups -OCH3 is 1. The van der Waals surface area contributed by atoms with Crippen molar-refractivity contribution in [1.82, 2.24) is 0 Å². The number of halogens is 1. The summed E-state index contributed by atoms with van der Waals surface area (Å²) >= 11 is 6.17. The minimum Gasteiger partial charge on any atom is -0.490 e. The lowest BCUT2D eigenvalue weighted by Crippen LogP contribution is -2.86. The first-order valence-corrected chi connectivity index (χ1v) is 8.42. The van der Waals surface area contributed by atoms with Crippen LogP contribution >= 0.6 is 11.6 Å². The monoisotopic (exact) mass is 378 g/mol. The molecule has 0 aliphatic carbocycles. The summed E-state index contributed by atoms with van der Waals surface area (Å²) in [5, 5.41) is 16.3. The Morgan fingerprint density at radius 3 is 2.69 bits per heavy atom. The number of anilines is 1. The lowest BCUT2D eigenvalue weighted by Gasteiger charge is -2.14. The summed E-state index contributed by atoms with van der Waals surface area (Å²) in [4.78, 5) is 22.8. The third kappa shape index (κ3) is 4.71. The predicted molar refractivity (Wildman–Crippen MR) is 99.7 cm³/mol. The highest BCUT2D eigenvalue weighted by molar-refractivity contribution is 6.31. The number of aryl methyl sites for hydroxylation is 1. The van der Waals surface area contributed by atoms with E-state index in [0.29, 0.717) is 16.3 Å². The second-order valence-corrected chi connectivity index (χ2v) is 6.30. The molecule has 1 amide bonds. The molecule has 3 N–H and O–H groups in total. The van der Waals surface area contributed by atoms with Crippen LogP contribution in [0.3, 0.4) is 0 Å². The number of nitrogens with two attached hydrogens (primary N) is 1. The first kappa shape index (κ1) is 19.7. The van der Waals surface area contributed by atoms with E-state index in [1.807, 2.05) is 36.5 Å². The smallest absolute Gasteiger partial charge is 0.311 e. The van der Waals surface area contributed by atoms with Gasteiger partial charge in [-0.15, -0.1) is 0 Å². The lowest BCUT2D eigenvalue weighted by atomic mass is 10.1. The SMILES string of the molecule is COc1cc(NC(=O)C[NH2+][C@@H](C)c2ccccc2Cl)c(C)cc1[N+](=O)[O-]. The van der Waals surface area contributed by atoms with E-state index in [2.05, 4.69) is 5.32 Å². The zero-order chi connectivity index (χ0) is 19.3. The first-order chi connectivity index (χ1) is 12.3. The van der Waals surface area contributed by atoms with Crippen molar-refractivity contribution in [3.05, 3.63) is 62.7 Å². The maximum absolute atomic E-state index is 12.3. The maximum Gasteiger partial charge on any atom is 0.311 e. The van der Waals surface area contributed by atoms with Crippen molar-refractivity contribution in [2.24, 2.45) is 0 Å². The van der Waals surface area contributed by atoms with E-state index < -0.39 is 4.92 Å². The summed E-state index contributed by atoms with van der Waals surface area (Å²) in [6.45, 7) is 3.85. The van der Waals surface area contributed by atoms with Gasteiger partial charge in [0.2, 0.25) is 0 Å². The summed E-state index contributed by atoms with van der Waals surface area (Å²) in [5.41, 5.74) is 1.89. The number of nitrogens with zero attached hydrogens (tertiary/aromatic N) is 1. The fraction of sp³-hybridized carbons (Fsp3) is 0.278. The van der Waals surface area contributed by atoms with Crippen LogP contribution < -0.4 is 15.4 Å². The third-order valence-corrected chi connectivity index (χ3v) is 4.39. The molecule has 2 aromatic carbocycles. The van der Waals surface area contributed by atoms with Gasteiger partial charge in [-0.2, -0.15) is 0 Å². The number of benzene rings is 2. The van der Waals surface area contributed by atoms with Crippen molar-refractivity contribution >= 4 is 28.9 Å². The van der Waals surface area contributed by atoms with Crippen LogP contribution in [0.4, 0.5) is 11.4 Å². The number of nitrogens with one attached hydrogen (secondary N) is 1. The van der Waals surface area contributed by atoms with Crippen molar-refractivity contribution in [3.63, 3.8) is 0 Å². The molecule has 138 valence electrons. The zero-order valence-corrected chi connectivity index (χ0v) is 15.5. The van der Waals surface area contributed by atoms with Gasteiger partial charge in [0.1, 0.15) is 6.04 Å². The fourth-order valence-electron chi connectivity index (χ4n) is 2.57. The van der Waals surface area contributed by atoms with Crippen LogP contribution in [-0.4, -0.2) is 24.5 Å². The van der Waals surface area contributed by atoms with Gasteiger partial charge in [-0.1, -0.05) is 29.8 Å². The molecular formula is C18H21ClN3O4+. The van der Waals surface area contributed by atoms with E-state index in [1.165, 1.54) is 19.2 Å². The van der Waals surface area contributed by atoms with Gasteiger partial charge in [0, 0.05) is 28.4 Å². The number of quaternary nitrogens is 1. The molecule has 0 saturated carbocycles. The van der Waals surface area contributed by atoms with Crippen LogP contribution in [0.1, 0.15) is 24.1 Å². The Morgan fingerprint density at radius 1 is 1.38 bits per heavy atom. The molecule has 0 bridgehead atoms. The highest BCUT2D eigenvalue weighted by Gasteiger charge is 2.19. The third-order valence-electron chi connectivity index (χ3n) is 4.05. The van der Waals surface area contributed by atoms with E-state index in [1.54, 1.807) is 6.92 Å². The first-order valence-electron chi connectivity index (χ1n) is 8.04. The van der Waals surface area contributed by atoms with Crippen molar-refractivity contribution in [2.75, 3.05) is 19.0 Å². The average molecular weight is 379 g/mol. The Morgan fingerprint density at radius 2 is 2.08 bits per heavy atom. The van der Waals surface area contributed by atoms with Gasteiger partial charge >= 0.3 is 5.69 Å². The molecule has 1 atom stereocenters. The molecule has 7 nitrogen and oxygen atoms in total. The second kappa shape index (κ2) is 8.64. The molecule has 0 heterocycles. The van der Waals surface area contributed by atoms with Crippen LogP contribution in [-0.2, 0) is 4.79 Å². The molecule has 26 heavy (non-hydrogen) atoms. The zero-order valence-electron chi connectivity index (χ0n) is 14.8. The number of amides is 1. The Labute approximate surface area is 156 Å². The summed E-state index contributed by atoms with van der Waals surface area (Å²) < 4.78 is 5.04. The molecule has 0 radical (unpaired) electrons. The number of ether oxygens (including phenoxy) is 1. The Balaban J connectivity index is 2.04. The van der Waals surface area contributed by atoms with Crippen LogP contribution in [0, 0.1) is 17.0 Å². The summed E-state index contributed by atoms with van der Waals surface area (Å²) in [5.74, 6) is -0.118. The highest BCUT2D eigenvalue weighted by atomic mass is 35.5. The highest BCUT2D eigenvalue weighted by Crippen LogP contribution is 2.32. The Bertz CT molecular complexity index is 826. The summed E-state index contributed by atoms with van der Waals surface area (Å²) in [6.07, 6.45) is 0. The molecule has 0 aliphatic heterocycles. The van der Waals surface area contributed by atoms with Crippen molar-refractivity contribution < 1.29 is 19.8 Å². The van der Waals surface area contributed by atoms with Gasteiger partial charge in [-0.05, 0) is 25.5 Å². The van der Waals surface area contributed by atoms with E-state index in [-0.39, 0.29) is 29.9 Å². The quantitative estimate of drug-likeness (QED) is 0.571. The molecule has 0 unspecified atom stereocenters. The van der Waals surface area contributed by atoms with Crippen molar-refractivity contribution in [2.45, 2.75) is 19.9 Å². The molecule has 2 aromatic rings. The van der Waals surface area contributed by atoms with Gasteiger partial charge < -0.3 is 15.4 Å². The molecule has 0 aliphatic rings. The molecule has 2 rings (SSSR count). The van der Waals surface area contributed by atoms with Crippen molar-refractivity contribution in [1.29, 1.82) is 0 Å². The van der Waals surface area contributed by atoms with Crippen molar-refractivity contribution in [3.8, 4) is 5.75 Å². The van der Waals surface area contributed by atoms with Crippen LogP contribution in [0.5, 0.6) is 5.75 Å². The fourth-order valence-corrected chi connectivity index (χ4v) is 2.88. The molecule has 0 saturated heterocycles. The number of hydrogen-bond acceptors (Lipinski definition) is 4. The van der Waals surface area contributed by atoms with Crippen LogP contribution in [0.25, 0.3) is 0 Å². The minimum atomic E-state index is -0.517. The lowest BCUT2D eigenvalue weighted by molar-refractivity contribution is -0.682. The van der Waals surface area contributed by atoms with Crippen LogP contribution in [0.2, 0.25) is 5.02 Å². The normalized spacial score (nSPS) is 11.7. The summed E-state index contributed by atoms with van der Waals surface area (Å²) in [7, 11) is 1.35. The Kier molecular flexibility index (Phi) is 6.54. The van der Waals surface area contributed by atoms with E-state index in [9.17, 15) is 14.9 Å². The minimum absolute atomic E-state index is 0.0157. The maximum atomic E-state index is 12.3. The van der Waals surface area contributed by atoms with Gasteiger partial charge in [0.05, 0.1) is 12.0 Å². The molecule has 0 aromatic heterocycles. The molecular weight excluding hydrogens is 358 g/mol. The Hall–Kier alpha value is -2.64. The second-order valence-electron chi connectivity index (χ2n) is 5.89. The van der Waals surface area contributed by atoms with E-state index in [0.717, 1.165) is 5.56 Å². The van der Waals surface area contributed by atoms with Gasteiger partial charge in [0.15, 0.2) is 12.3 Å². The number of hydrogen-bond donors (Lipinski definition) is 2. The molecule has 0 fully saturated rings. The van der Waals surface area contributed by atoms with Crippen LogP contribution in [0.15, 0.2) is 36.4 Å². The van der Waals surface area contributed by atoms with Gasteiger partial charge in [-0.3, -0.25) is 14.9 Å². The molecule has 8 heteroatoms. The number of nitro groups is 1. The topological polar surface area (TPSA) is 98.1 Å². The number of rotatable bonds is 7. The largest absolute Gasteiger partial charge is 0.490 e. The average Bonchev–Trinajstić information content (AvgIpc) is 2.61. The number of carbonyl (C=O) groups is 1. The van der Waals surface area contributed by atoms with E-state index in [4.69, 9.17) is 16.3 Å². The molecule has 0 spiro atoms. The standard InChI is InChI=1S/C18H20ClN3O4/c1-11-8-16(22(24)25)17(26-3)9-15(11)21-18(23)10-20-12(2)13-6-4-5-7-14(13)19/h4-9,12,20H,10H2,1-3H3,(H,21,23)/p+1/t12-/m0/s1. The predicted octanol–water partition coefficient (Wildman–Crippen LogP) is 2.83. The van der Waals surface area contributed by atoms with Gasteiger partial charge in [0.25, 0.3) is 5.91 Å².